The maximum Gasteiger partial charge on any atom is 0.164 e. The minimum atomic E-state index is -1.89. The zero-order valence-electron chi connectivity index (χ0n) is 29.8. The highest BCUT2D eigenvalue weighted by atomic mass is 28.3. The van der Waals surface area contributed by atoms with E-state index in [1.54, 1.807) is 0 Å². The molecule has 3 heterocycles. The lowest BCUT2D eigenvalue weighted by molar-refractivity contribution is 0.669. The van der Waals surface area contributed by atoms with E-state index in [0.717, 1.165) is 49.6 Å². The van der Waals surface area contributed by atoms with Crippen LogP contribution in [-0.2, 0) is 0 Å². The van der Waals surface area contributed by atoms with Crippen LogP contribution in [-0.4, -0.2) is 23.0 Å². The molecule has 54 heavy (non-hydrogen) atoms. The highest BCUT2D eigenvalue weighted by Crippen LogP contribution is 2.43. The molecule has 2 aromatic heterocycles. The van der Waals surface area contributed by atoms with Gasteiger partial charge < -0.3 is 4.42 Å². The number of furan rings is 1. The fourth-order valence-electron chi connectivity index (χ4n) is 8.75. The van der Waals surface area contributed by atoms with Crippen LogP contribution in [0.5, 0.6) is 0 Å². The largest absolute Gasteiger partial charge is 0.456 e. The van der Waals surface area contributed by atoms with E-state index in [1.807, 2.05) is 18.2 Å². The van der Waals surface area contributed by atoms with Gasteiger partial charge in [0.1, 0.15) is 19.2 Å². The number of rotatable bonds is 4. The standard InChI is InChI=1S/C49H33N3OSi/c1-54(2)43-24-11-10-21-37(43)46-38(23-13-25-44(46)54)49-51-47(31-15-4-3-5-16-31)50-48(52-49)32-26-27-41-40(28-32)45-36-20-9-8-19-35(36)39(29-42(45)53-41)34-22-12-17-30-14-6-7-18-33(30)34/h3-29H,1-2H3. The topological polar surface area (TPSA) is 51.8 Å². The van der Waals surface area contributed by atoms with Crippen molar-refractivity contribution >= 4 is 61.9 Å². The maximum atomic E-state index is 6.67. The lowest BCUT2D eigenvalue weighted by atomic mass is 9.92. The van der Waals surface area contributed by atoms with Gasteiger partial charge in [-0.25, -0.2) is 15.0 Å². The van der Waals surface area contributed by atoms with Gasteiger partial charge in [0.05, 0.1) is 0 Å². The normalized spacial score (nSPS) is 13.1. The third kappa shape index (κ3) is 4.58. The molecule has 0 atom stereocenters. The van der Waals surface area contributed by atoms with Crippen molar-refractivity contribution < 1.29 is 4.42 Å². The molecule has 0 N–H and O–H groups in total. The van der Waals surface area contributed by atoms with Crippen LogP contribution in [0.25, 0.3) is 99.9 Å². The molecular weight excluding hydrogens is 675 g/mol. The summed E-state index contributed by atoms with van der Waals surface area (Å²) >= 11 is 0. The molecule has 0 saturated heterocycles. The van der Waals surface area contributed by atoms with Gasteiger partial charge in [-0.15, -0.1) is 0 Å². The summed E-state index contributed by atoms with van der Waals surface area (Å²) < 4.78 is 6.67. The van der Waals surface area contributed by atoms with Crippen molar-refractivity contribution in [3.05, 3.63) is 164 Å². The van der Waals surface area contributed by atoms with Crippen molar-refractivity contribution in [3.8, 4) is 56.4 Å². The molecule has 5 heteroatoms. The first-order valence-corrected chi connectivity index (χ1v) is 21.4. The van der Waals surface area contributed by atoms with E-state index < -0.39 is 8.07 Å². The third-order valence-electron chi connectivity index (χ3n) is 11.3. The Morgan fingerprint density at radius 2 is 1.04 bits per heavy atom. The smallest absolute Gasteiger partial charge is 0.164 e. The summed E-state index contributed by atoms with van der Waals surface area (Å²) in [6.07, 6.45) is 0. The Hall–Kier alpha value is -6.69. The second-order valence-corrected chi connectivity index (χ2v) is 19.1. The minimum absolute atomic E-state index is 0.632. The van der Waals surface area contributed by atoms with Gasteiger partial charge in [-0.2, -0.15) is 0 Å². The van der Waals surface area contributed by atoms with E-state index >= 15 is 0 Å². The molecule has 10 aromatic rings. The lowest BCUT2D eigenvalue weighted by Gasteiger charge is -2.18. The minimum Gasteiger partial charge on any atom is -0.456 e. The molecular formula is C49H33N3OSi. The second kappa shape index (κ2) is 11.7. The van der Waals surface area contributed by atoms with Gasteiger partial charge in [0.25, 0.3) is 0 Å². The summed E-state index contributed by atoms with van der Waals surface area (Å²) in [6.45, 7) is 4.88. The molecule has 0 amide bonds. The van der Waals surface area contributed by atoms with Crippen LogP contribution in [0.15, 0.2) is 168 Å². The number of hydrogen-bond donors (Lipinski definition) is 0. The van der Waals surface area contributed by atoms with E-state index in [9.17, 15) is 0 Å². The van der Waals surface area contributed by atoms with Crippen LogP contribution < -0.4 is 10.4 Å². The molecule has 11 rings (SSSR count). The molecule has 0 bridgehead atoms. The Labute approximate surface area is 313 Å². The third-order valence-corrected chi connectivity index (χ3v) is 14.9. The Morgan fingerprint density at radius 3 is 1.91 bits per heavy atom. The highest BCUT2D eigenvalue weighted by molar-refractivity contribution is 7.04. The van der Waals surface area contributed by atoms with Gasteiger partial charge in [-0.3, -0.25) is 0 Å². The average Bonchev–Trinajstić information content (AvgIpc) is 3.72. The van der Waals surface area contributed by atoms with Gasteiger partial charge in [0, 0.05) is 27.5 Å². The highest BCUT2D eigenvalue weighted by Gasteiger charge is 2.38. The fraction of sp³-hybridized carbons (Fsp3) is 0.0408. The SMILES string of the molecule is C[Si]1(C)c2ccccc2-c2c(-c3nc(-c4ccccc4)nc(-c4ccc5oc6cc(-c7cccc8ccccc78)c7ccccc7c6c5c4)n3)cccc21. The van der Waals surface area contributed by atoms with E-state index in [0.29, 0.717) is 17.5 Å². The summed E-state index contributed by atoms with van der Waals surface area (Å²) in [4.78, 5) is 15.6. The molecule has 0 unspecified atom stereocenters. The van der Waals surface area contributed by atoms with Crippen molar-refractivity contribution in [3.63, 3.8) is 0 Å². The van der Waals surface area contributed by atoms with Crippen molar-refractivity contribution in [1.82, 2.24) is 15.0 Å². The predicted octanol–water partition coefficient (Wildman–Crippen LogP) is 11.5. The zero-order chi connectivity index (χ0) is 36.0. The van der Waals surface area contributed by atoms with Crippen LogP contribution in [0.3, 0.4) is 0 Å². The van der Waals surface area contributed by atoms with Crippen LogP contribution in [0.1, 0.15) is 0 Å². The van der Waals surface area contributed by atoms with Crippen molar-refractivity contribution in [2.45, 2.75) is 13.1 Å². The molecule has 1 aliphatic rings. The van der Waals surface area contributed by atoms with E-state index in [4.69, 9.17) is 19.4 Å². The van der Waals surface area contributed by atoms with Crippen LogP contribution in [0.2, 0.25) is 13.1 Å². The summed E-state index contributed by atoms with van der Waals surface area (Å²) in [6, 6.07) is 58.0. The van der Waals surface area contributed by atoms with Crippen LogP contribution in [0.4, 0.5) is 0 Å². The summed E-state index contributed by atoms with van der Waals surface area (Å²) in [5, 5.41) is 9.79. The first-order valence-electron chi connectivity index (χ1n) is 18.4. The Kier molecular flexibility index (Phi) is 6.67. The summed E-state index contributed by atoms with van der Waals surface area (Å²) in [5.41, 5.74) is 9.50. The Morgan fingerprint density at radius 1 is 0.407 bits per heavy atom. The second-order valence-electron chi connectivity index (χ2n) is 14.8. The fourth-order valence-corrected chi connectivity index (χ4v) is 11.8. The van der Waals surface area contributed by atoms with Crippen molar-refractivity contribution in [2.75, 3.05) is 0 Å². The van der Waals surface area contributed by atoms with E-state index in [-0.39, 0.29) is 0 Å². The van der Waals surface area contributed by atoms with Gasteiger partial charge >= 0.3 is 0 Å². The van der Waals surface area contributed by atoms with Crippen LogP contribution >= 0.6 is 0 Å². The molecule has 1 aliphatic heterocycles. The van der Waals surface area contributed by atoms with E-state index in [1.165, 1.54) is 43.2 Å². The number of fused-ring (bicyclic) bond motifs is 9. The molecule has 0 saturated carbocycles. The molecule has 254 valence electrons. The molecule has 0 aliphatic carbocycles. The van der Waals surface area contributed by atoms with E-state index in [2.05, 4.69) is 159 Å². The molecule has 0 fully saturated rings. The summed E-state index contributed by atoms with van der Waals surface area (Å²) in [5.74, 6) is 1.96. The molecule has 8 aromatic carbocycles. The Bertz CT molecular complexity index is 3140. The molecule has 0 spiro atoms. The maximum absolute atomic E-state index is 6.67. The van der Waals surface area contributed by atoms with Crippen LogP contribution in [0, 0.1) is 0 Å². The van der Waals surface area contributed by atoms with Crippen molar-refractivity contribution in [1.29, 1.82) is 0 Å². The quantitative estimate of drug-likeness (QED) is 0.171. The van der Waals surface area contributed by atoms with Gasteiger partial charge in [-0.1, -0.05) is 153 Å². The number of nitrogens with zero attached hydrogens (tertiary/aromatic N) is 3. The van der Waals surface area contributed by atoms with Gasteiger partial charge in [0.2, 0.25) is 0 Å². The predicted molar refractivity (Wildman–Crippen MR) is 226 cm³/mol. The zero-order valence-corrected chi connectivity index (χ0v) is 30.8. The first kappa shape index (κ1) is 30.9. The van der Waals surface area contributed by atoms with Crippen molar-refractivity contribution in [2.24, 2.45) is 0 Å². The molecule has 4 nitrogen and oxygen atoms in total. The number of hydrogen-bond acceptors (Lipinski definition) is 4. The first-order chi connectivity index (χ1) is 26.5. The number of aromatic nitrogens is 3. The number of benzene rings is 8. The lowest BCUT2D eigenvalue weighted by Crippen LogP contribution is -2.49. The van der Waals surface area contributed by atoms with Gasteiger partial charge in [0.15, 0.2) is 17.5 Å². The van der Waals surface area contributed by atoms with Gasteiger partial charge in [-0.05, 0) is 78.4 Å². The average molecular weight is 708 g/mol. The summed E-state index contributed by atoms with van der Waals surface area (Å²) in [7, 11) is -1.89. The molecule has 0 radical (unpaired) electrons. The Balaban J connectivity index is 1.14. The monoisotopic (exact) mass is 707 g/mol.